The summed E-state index contributed by atoms with van der Waals surface area (Å²) in [4.78, 5) is 26.2. The minimum Gasteiger partial charge on any atom is -0.333 e. The van der Waals surface area contributed by atoms with Crippen molar-refractivity contribution in [1.82, 2.24) is 14.7 Å². The summed E-state index contributed by atoms with van der Waals surface area (Å²) >= 11 is 0. The number of aromatic nitrogens is 2. The highest BCUT2D eigenvalue weighted by Gasteiger charge is 2.23. The average molecular weight is 399 g/mol. The number of benzene rings is 1. The molecule has 0 saturated heterocycles. The van der Waals surface area contributed by atoms with Gasteiger partial charge in [0, 0.05) is 24.9 Å². The van der Waals surface area contributed by atoms with E-state index in [1.807, 2.05) is 45.9 Å². The highest BCUT2D eigenvalue weighted by molar-refractivity contribution is 5.94. The highest BCUT2D eigenvalue weighted by atomic mass is 16.2. The van der Waals surface area contributed by atoms with Gasteiger partial charge in [-0.15, -0.1) is 0 Å². The van der Waals surface area contributed by atoms with Crippen molar-refractivity contribution in [3.05, 3.63) is 41.1 Å². The van der Waals surface area contributed by atoms with E-state index in [0.717, 1.165) is 16.9 Å². The molecule has 0 fully saturated rings. The predicted molar refractivity (Wildman–Crippen MR) is 117 cm³/mol. The second-order valence-electron chi connectivity index (χ2n) is 9.21. The lowest BCUT2D eigenvalue weighted by atomic mass is 9.92. The zero-order valence-electron chi connectivity index (χ0n) is 19.0. The molecule has 1 N–H and O–H groups in total. The maximum Gasteiger partial charge on any atom is 0.245 e. The first kappa shape index (κ1) is 22.7. The smallest absolute Gasteiger partial charge is 0.245 e. The van der Waals surface area contributed by atoms with E-state index in [1.165, 1.54) is 12.5 Å². The number of nitrogens with one attached hydrogen (secondary N) is 1. The molecule has 1 aromatic carbocycles. The third kappa shape index (κ3) is 5.92. The van der Waals surface area contributed by atoms with E-state index in [2.05, 4.69) is 32.2 Å². The Bertz CT molecular complexity index is 891. The fourth-order valence-corrected chi connectivity index (χ4v) is 3.16. The molecule has 2 aromatic rings. The van der Waals surface area contributed by atoms with Crippen LogP contribution in [0.3, 0.4) is 0 Å². The summed E-state index contributed by atoms with van der Waals surface area (Å²) < 4.78 is 1.79. The predicted octanol–water partition coefficient (Wildman–Crippen LogP) is 4.23. The van der Waals surface area contributed by atoms with Gasteiger partial charge in [0.2, 0.25) is 11.8 Å². The lowest BCUT2D eigenvalue weighted by molar-refractivity contribution is -0.133. The molecular weight excluding hydrogens is 364 g/mol. The van der Waals surface area contributed by atoms with Crippen molar-refractivity contribution in [1.29, 1.82) is 0 Å². The van der Waals surface area contributed by atoms with Crippen LogP contribution in [0.15, 0.2) is 24.3 Å². The molecule has 6 nitrogen and oxygen atoms in total. The van der Waals surface area contributed by atoms with Crippen molar-refractivity contribution in [3.8, 4) is 5.69 Å². The number of hydrogen-bond acceptors (Lipinski definition) is 3. The number of rotatable bonds is 6. The van der Waals surface area contributed by atoms with E-state index in [4.69, 9.17) is 5.10 Å². The summed E-state index contributed by atoms with van der Waals surface area (Å²) in [6.07, 6.45) is 0. The number of carbonyl (C=O) groups is 2. The van der Waals surface area contributed by atoms with E-state index in [1.54, 1.807) is 9.58 Å². The van der Waals surface area contributed by atoms with Gasteiger partial charge in [-0.3, -0.25) is 9.59 Å². The molecule has 6 heteroatoms. The Kier molecular flexibility index (Phi) is 6.88. The monoisotopic (exact) mass is 398 g/mol. The summed E-state index contributed by atoms with van der Waals surface area (Å²) in [5.41, 5.74) is 3.90. The van der Waals surface area contributed by atoms with Crippen LogP contribution < -0.4 is 5.32 Å². The third-order valence-electron chi connectivity index (χ3n) is 4.69. The van der Waals surface area contributed by atoms with Crippen LogP contribution in [0.4, 0.5) is 5.82 Å². The molecule has 0 spiro atoms. The number of amides is 2. The largest absolute Gasteiger partial charge is 0.333 e. The van der Waals surface area contributed by atoms with Crippen molar-refractivity contribution in [2.24, 2.45) is 5.92 Å². The third-order valence-corrected chi connectivity index (χ3v) is 4.69. The van der Waals surface area contributed by atoms with Gasteiger partial charge < -0.3 is 10.2 Å². The maximum absolute atomic E-state index is 12.7. The van der Waals surface area contributed by atoms with E-state index < -0.39 is 0 Å². The molecule has 0 unspecified atom stereocenters. The lowest BCUT2D eigenvalue weighted by Crippen LogP contribution is -2.39. The Hall–Kier alpha value is -2.63. The van der Waals surface area contributed by atoms with Gasteiger partial charge in [0.05, 0.1) is 17.9 Å². The standard InChI is InChI=1S/C23H34N4O2/c1-15(2)13-26(18(5)28)14-22(29)24-21-12-20(23(6,7)8)25-27(21)19-10-9-16(3)11-17(19)4/h9-12,15H,13-14H2,1-8H3,(H,24,29). The van der Waals surface area contributed by atoms with E-state index in [-0.39, 0.29) is 23.8 Å². The average Bonchev–Trinajstić information content (AvgIpc) is 2.97. The molecule has 0 aliphatic rings. The molecule has 0 aliphatic carbocycles. The van der Waals surface area contributed by atoms with Crippen LogP contribution in [0.25, 0.3) is 5.69 Å². The van der Waals surface area contributed by atoms with Crippen LogP contribution in [0.1, 0.15) is 58.4 Å². The van der Waals surface area contributed by atoms with E-state index in [0.29, 0.717) is 18.3 Å². The quantitative estimate of drug-likeness (QED) is 0.792. The summed E-state index contributed by atoms with van der Waals surface area (Å²) in [7, 11) is 0. The van der Waals surface area contributed by atoms with Crippen molar-refractivity contribution >= 4 is 17.6 Å². The first-order valence-electron chi connectivity index (χ1n) is 10.1. The number of hydrogen-bond donors (Lipinski definition) is 1. The van der Waals surface area contributed by atoms with Crippen LogP contribution >= 0.6 is 0 Å². The second kappa shape index (κ2) is 8.80. The van der Waals surface area contributed by atoms with Crippen LogP contribution in [-0.4, -0.2) is 39.6 Å². The van der Waals surface area contributed by atoms with Crippen molar-refractivity contribution in [2.75, 3.05) is 18.4 Å². The fourth-order valence-electron chi connectivity index (χ4n) is 3.16. The van der Waals surface area contributed by atoms with Gasteiger partial charge in [0.1, 0.15) is 5.82 Å². The highest BCUT2D eigenvalue weighted by Crippen LogP contribution is 2.27. The van der Waals surface area contributed by atoms with Gasteiger partial charge in [0.25, 0.3) is 0 Å². The summed E-state index contributed by atoms with van der Waals surface area (Å²) in [5.74, 6) is 0.569. The number of anilines is 1. The first-order chi connectivity index (χ1) is 13.4. The first-order valence-corrected chi connectivity index (χ1v) is 10.1. The van der Waals surface area contributed by atoms with E-state index >= 15 is 0 Å². The number of carbonyl (C=O) groups excluding carboxylic acids is 2. The van der Waals surface area contributed by atoms with Gasteiger partial charge in [-0.1, -0.05) is 52.3 Å². The van der Waals surface area contributed by atoms with Gasteiger partial charge in [-0.05, 0) is 31.4 Å². The van der Waals surface area contributed by atoms with Crippen LogP contribution in [0, 0.1) is 19.8 Å². The van der Waals surface area contributed by atoms with E-state index in [9.17, 15) is 9.59 Å². The van der Waals surface area contributed by atoms with Gasteiger partial charge in [-0.2, -0.15) is 5.10 Å². The molecule has 0 radical (unpaired) electrons. The Labute approximate surface area is 174 Å². The fraction of sp³-hybridized carbons (Fsp3) is 0.522. The van der Waals surface area contributed by atoms with Crippen molar-refractivity contribution in [2.45, 2.75) is 60.8 Å². The molecule has 1 heterocycles. The Morgan fingerprint density at radius 3 is 2.34 bits per heavy atom. The van der Waals surface area contributed by atoms with Gasteiger partial charge >= 0.3 is 0 Å². The lowest BCUT2D eigenvalue weighted by Gasteiger charge is -2.22. The summed E-state index contributed by atoms with van der Waals surface area (Å²) in [6, 6.07) is 8.06. The molecule has 0 bridgehead atoms. The molecule has 1 aromatic heterocycles. The topological polar surface area (TPSA) is 67.2 Å². The van der Waals surface area contributed by atoms with Crippen LogP contribution in [0.2, 0.25) is 0 Å². The minimum absolute atomic E-state index is 0.0242. The summed E-state index contributed by atoms with van der Waals surface area (Å²) in [5, 5.41) is 7.75. The second-order valence-corrected chi connectivity index (χ2v) is 9.21. The minimum atomic E-state index is -0.229. The van der Waals surface area contributed by atoms with Gasteiger partial charge in [-0.25, -0.2) is 4.68 Å². The summed E-state index contributed by atoms with van der Waals surface area (Å²) in [6.45, 7) is 16.5. The van der Waals surface area contributed by atoms with Crippen molar-refractivity contribution in [3.63, 3.8) is 0 Å². The Morgan fingerprint density at radius 1 is 1.17 bits per heavy atom. The molecular formula is C23H34N4O2. The Morgan fingerprint density at radius 2 is 1.83 bits per heavy atom. The normalized spacial score (nSPS) is 11.6. The number of aryl methyl sites for hydroxylation is 2. The Balaban J connectivity index is 2.37. The zero-order chi connectivity index (χ0) is 21.9. The zero-order valence-corrected chi connectivity index (χ0v) is 19.0. The molecule has 0 atom stereocenters. The number of nitrogens with zero attached hydrogens (tertiary/aromatic N) is 3. The van der Waals surface area contributed by atoms with Crippen LogP contribution in [-0.2, 0) is 15.0 Å². The SMILES string of the molecule is CC(=O)N(CC(=O)Nc1cc(C(C)(C)C)nn1-c1ccc(C)cc1C)CC(C)C. The molecule has 2 amide bonds. The molecule has 0 aliphatic heterocycles. The molecule has 0 saturated carbocycles. The van der Waals surface area contributed by atoms with Gasteiger partial charge in [0.15, 0.2) is 0 Å². The van der Waals surface area contributed by atoms with Crippen LogP contribution in [0.5, 0.6) is 0 Å². The molecule has 29 heavy (non-hydrogen) atoms. The molecule has 158 valence electrons. The molecule has 2 rings (SSSR count). The maximum atomic E-state index is 12.7. The van der Waals surface area contributed by atoms with Crippen molar-refractivity contribution < 1.29 is 9.59 Å².